The Kier molecular flexibility index (Phi) is 4.64. The fourth-order valence-corrected chi connectivity index (χ4v) is 4.63. The molecule has 0 fully saturated rings. The topological polar surface area (TPSA) is 42.6 Å². The summed E-state index contributed by atoms with van der Waals surface area (Å²) in [6, 6.07) is 7.96. The first-order valence-corrected chi connectivity index (χ1v) is 12.5. The van der Waals surface area contributed by atoms with Crippen molar-refractivity contribution in [2.45, 2.75) is 77.1 Å². The van der Waals surface area contributed by atoms with Gasteiger partial charge in [-0.2, -0.15) is 0 Å². The summed E-state index contributed by atoms with van der Waals surface area (Å²) < 4.78 is 12.3. The van der Waals surface area contributed by atoms with Crippen LogP contribution >= 0.6 is 0 Å². The van der Waals surface area contributed by atoms with E-state index >= 15 is 0 Å². The molecule has 0 amide bonds. The van der Waals surface area contributed by atoms with Crippen LogP contribution in [0, 0.1) is 6.92 Å². The maximum Gasteiger partial charge on any atom is 0.250 e. The van der Waals surface area contributed by atoms with Crippen LogP contribution in [0.1, 0.15) is 68.9 Å². The second kappa shape index (κ2) is 6.27. The van der Waals surface area contributed by atoms with Crippen molar-refractivity contribution in [1.29, 1.82) is 0 Å². The fourth-order valence-electron chi connectivity index (χ4n) is 3.60. The van der Waals surface area contributed by atoms with Gasteiger partial charge < -0.3 is 13.9 Å². The maximum absolute atomic E-state index is 11.6. The molecular formula is C22H32O3Si. The summed E-state index contributed by atoms with van der Waals surface area (Å²) in [6.07, 6.45) is 3.20. The molecule has 4 heteroatoms. The van der Waals surface area contributed by atoms with Crippen LogP contribution in [0.2, 0.25) is 18.1 Å². The van der Waals surface area contributed by atoms with Crippen LogP contribution in [-0.2, 0) is 5.60 Å². The molecule has 142 valence electrons. The number of aryl methyl sites for hydroxylation is 1. The van der Waals surface area contributed by atoms with Crippen LogP contribution in [0.15, 0.2) is 34.9 Å². The van der Waals surface area contributed by atoms with Crippen molar-refractivity contribution in [3.05, 3.63) is 53.0 Å². The number of benzene rings is 1. The Labute approximate surface area is 158 Å². The molecule has 2 aromatic rings. The molecule has 1 aromatic heterocycles. The molecule has 1 aliphatic carbocycles. The van der Waals surface area contributed by atoms with Crippen LogP contribution in [0.5, 0.6) is 5.75 Å². The Morgan fingerprint density at radius 2 is 1.96 bits per heavy atom. The molecule has 0 radical (unpaired) electrons. The van der Waals surface area contributed by atoms with Gasteiger partial charge in [0.1, 0.15) is 17.1 Å². The summed E-state index contributed by atoms with van der Waals surface area (Å²) in [4.78, 5) is 0. The highest BCUT2D eigenvalue weighted by Gasteiger charge is 2.44. The van der Waals surface area contributed by atoms with Crippen molar-refractivity contribution in [3.8, 4) is 5.75 Å². The average molecular weight is 373 g/mol. The van der Waals surface area contributed by atoms with Gasteiger partial charge in [-0.3, -0.25) is 0 Å². The monoisotopic (exact) mass is 372 g/mol. The zero-order valence-corrected chi connectivity index (χ0v) is 18.1. The summed E-state index contributed by atoms with van der Waals surface area (Å²) in [5, 5.41) is 11.7. The number of hydrogen-bond acceptors (Lipinski definition) is 3. The summed E-state index contributed by atoms with van der Waals surface area (Å²) in [5.74, 6) is 1.92. The van der Waals surface area contributed by atoms with E-state index in [0.29, 0.717) is 18.1 Å². The van der Waals surface area contributed by atoms with Gasteiger partial charge >= 0.3 is 0 Å². The minimum atomic E-state index is -1.98. The van der Waals surface area contributed by atoms with E-state index in [2.05, 4.69) is 59.8 Å². The molecular weight excluding hydrogens is 340 g/mol. The molecule has 1 heterocycles. The predicted octanol–water partition coefficient (Wildman–Crippen LogP) is 6.11. The highest BCUT2D eigenvalue weighted by molar-refractivity contribution is 6.74. The van der Waals surface area contributed by atoms with E-state index in [1.807, 2.05) is 12.1 Å². The number of rotatable bonds is 3. The van der Waals surface area contributed by atoms with Gasteiger partial charge in [0.05, 0.1) is 6.26 Å². The lowest BCUT2D eigenvalue weighted by atomic mass is 9.72. The largest absolute Gasteiger partial charge is 0.543 e. The summed E-state index contributed by atoms with van der Waals surface area (Å²) in [5.41, 5.74) is 2.12. The molecule has 1 aromatic carbocycles. The molecule has 3 nitrogen and oxygen atoms in total. The number of furan rings is 1. The average Bonchev–Trinajstić information content (AvgIpc) is 3.04. The van der Waals surface area contributed by atoms with Crippen molar-refractivity contribution < 1.29 is 13.9 Å². The van der Waals surface area contributed by atoms with Crippen molar-refractivity contribution in [2.24, 2.45) is 0 Å². The predicted molar refractivity (Wildman–Crippen MR) is 108 cm³/mol. The van der Waals surface area contributed by atoms with Crippen LogP contribution in [-0.4, -0.2) is 13.4 Å². The lowest BCUT2D eigenvalue weighted by molar-refractivity contribution is 0.0354. The van der Waals surface area contributed by atoms with Gasteiger partial charge in [-0.15, -0.1) is 0 Å². The molecule has 0 saturated carbocycles. The first-order chi connectivity index (χ1) is 12.0. The molecule has 2 atom stereocenters. The molecule has 0 saturated heterocycles. The Balaban J connectivity index is 2.17. The first-order valence-electron chi connectivity index (χ1n) is 9.56. The smallest absolute Gasteiger partial charge is 0.250 e. The van der Waals surface area contributed by atoms with Gasteiger partial charge in [-0.25, -0.2) is 0 Å². The number of fused-ring (bicyclic) bond motifs is 1. The molecule has 0 spiro atoms. The van der Waals surface area contributed by atoms with Crippen molar-refractivity contribution in [3.63, 3.8) is 0 Å². The molecule has 0 unspecified atom stereocenters. The Bertz CT molecular complexity index is 786. The zero-order valence-electron chi connectivity index (χ0n) is 17.1. The SMILES string of the molecule is Cc1cc(O[Si](C)(C)C(C)(C)C)c2c(c1)[C@](O)(c1ccco1)CC[C@H]2C. The van der Waals surface area contributed by atoms with E-state index in [1.165, 1.54) is 0 Å². The third kappa shape index (κ3) is 3.14. The number of aliphatic hydroxyl groups is 1. The van der Waals surface area contributed by atoms with Gasteiger partial charge in [-0.1, -0.05) is 33.8 Å². The first kappa shape index (κ1) is 19.2. The van der Waals surface area contributed by atoms with E-state index in [1.54, 1.807) is 6.26 Å². The summed E-state index contributed by atoms with van der Waals surface area (Å²) in [7, 11) is -1.98. The molecule has 26 heavy (non-hydrogen) atoms. The van der Waals surface area contributed by atoms with Crippen molar-refractivity contribution in [1.82, 2.24) is 0 Å². The third-order valence-corrected chi connectivity index (χ3v) is 10.6. The maximum atomic E-state index is 11.6. The lowest BCUT2D eigenvalue weighted by Crippen LogP contribution is -2.44. The summed E-state index contributed by atoms with van der Waals surface area (Å²) >= 11 is 0. The van der Waals surface area contributed by atoms with Crippen LogP contribution in [0.4, 0.5) is 0 Å². The van der Waals surface area contributed by atoms with Crippen LogP contribution in [0.3, 0.4) is 0 Å². The van der Waals surface area contributed by atoms with Gasteiger partial charge in [-0.05, 0) is 73.1 Å². The highest BCUT2D eigenvalue weighted by Crippen LogP contribution is 2.50. The van der Waals surface area contributed by atoms with E-state index in [9.17, 15) is 5.11 Å². The number of hydrogen-bond donors (Lipinski definition) is 1. The molecule has 0 aliphatic heterocycles. The molecule has 0 bridgehead atoms. The fraction of sp³-hybridized carbons (Fsp3) is 0.545. The van der Waals surface area contributed by atoms with E-state index in [0.717, 1.165) is 28.9 Å². The summed E-state index contributed by atoms with van der Waals surface area (Å²) in [6.45, 7) is 15.6. The van der Waals surface area contributed by atoms with Gasteiger partial charge in [0.2, 0.25) is 8.32 Å². The Morgan fingerprint density at radius 3 is 2.54 bits per heavy atom. The van der Waals surface area contributed by atoms with Crippen molar-refractivity contribution >= 4 is 8.32 Å². The molecule has 1 aliphatic rings. The standard InChI is InChI=1S/C22H32O3Si/c1-15-13-17-20(18(14-15)25-26(6,7)21(3,4)5)16(2)10-11-22(17,23)19-9-8-12-24-19/h8-9,12-14,16,23H,10-11H2,1-7H3/t16-,22+/m1/s1. The Morgan fingerprint density at radius 1 is 1.27 bits per heavy atom. The van der Waals surface area contributed by atoms with E-state index in [4.69, 9.17) is 8.84 Å². The van der Waals surface area contributed by atoms with Crippen molar-refractivity contribution in [2.75, 3.05) is 0 Å². The molecule has 3 rings (SSSR count). The van der Waals surface area contributed by atoms with E-state index in [-0.39, 0.29) is 5.04 Å². The van der Waals surface area contributed by atoms with Gasteiger partial charge in [0.15, 0.2) is 0 Å². The second-order valence-electron chi connectivity index (χ2n) is 9.36. The Hall–Kier alpha value is -1.52. The second-order valence-corrected chi connectivity index (χ2v) is 14.1. The third-order valence-electron chi connectivity index (χ3n) is 6.26. The van der Waals surface area contributed by atoms with E-state index < -0.39 is 13.9 Å². The molecule has 1 N–H and O–H groups in total. The highest BCUT2D eigenvalue weighted by atomic mass is 28.4. The van der Waals surface area contributed by atoms with Crippen LogP contribution < -0.4 is 4.43 Å². The lowest BCUT2D eigenvalue weighted by Gasteiger charge is -2.41. The van der Waals surface area contributed by atoms with Gasteiger partial charge in [0, 0.05) is 5.56 Å². The normalized spacial score (nSPS) is 23.6. The van der Waals surface area contributed by atoms with Gasteiger partial charge in [0.25, 0.3) is 0 Å². The zero-order chi connectivity index (χ0) is 19.3. The minimum absolute atomic E-state index is 0.124. The van der Waals surface area contributed by atoms with Crippen LogP contribution in [0.25, 0.3) is 0 Å². The quantitative estimate of drug-likeness (QED) is 0.661. The minimum Gasteiger partial charge on any atom is -0.543 e.